The van der Waals surface area contributed by atoms with Crippen molar-refractivity contribution in [3.63, 3.8) is 0 Å². The molecule has 5 rings (SSSR count). The Balaban J connectivity index is 1.52. The highest BCUT2D eigenvalue weighted by molar-refractivity contribution is 5.93. The van der Waals surface area contributed by atoms with Gasteiger partial charge in [-0.1, -0.05) is 13.8 Å². The summed E-state index contributed by atoms with van der Waals surface area (Å²) in [4.78, 5) is 30.1. The molecule has 4 aromatic heterocycles. The van der Waals surface area contributed by atoms with Crippen molar-refractivity contribution >= 4 is 28.3 Å². The number of piperazine rings is 1. The maximum absolute atomic E-state index is 16.1. The summed E-state index contributed by atoms with van der Waals surface area (Å²) in [6, 6.07) is 1.89. The van der Waals surface area contributed by atoms with Crippen LogP contribution in [0.5, 0.6) is 5.75 Å². The zero-order chi connectivity index (χ0) is 25.6. The predicted molar refractivity (Wildman–Crippen MR) is 136 cm³/mol. The number of aromatic amines is 1. The van der Waals surface area contributed by atoms with E-state index in [1.54, 1.807) is 17.8 Å². The van der Waals surface area contributed by atoms with E-state index < -0.39 is 0 Å². The number of anilines is 1. The number of nitrogens with zero attached hydrogens (tertiary/aromatic N) is 7. The number of H-pyrrole nitrogens is 1. The van der Waals surface area contributed by atoms with E-state index >= 15 is 4.39 Å². The molecular weight excluding hydrogens is 463 g/mol. The maximum Gasteiger partial charge on any atom is 0.236 e. The molecule has 0 spiro atoms. The number of methoxy groups -OCH3 is 1. The van der Waals surface area contributed by atoms with Gasteiger partial charge in [-0.15, -0.1) is 0 Å². The summed E-state index contributed by atoms with van der Waals surface area (Å²) in [5.41, 5.74) is 3.73. The Hall–Kier alpha value is -3.73. The summed E-state index contributed by atoms with van der Waals surface area (Å²) in [5.74, 6) is 0.677. The van der Waals surface area contributed by atoms with Crippen LogP contribution in [0.15, 0.2) is 24.8 Å². The fraction of sp³-hybridized carbons (Fsp3) is 0.440. The van der Waals surface area contributed by atoms with Crippen molar-refractivity contribution in [1.29, 1.82) is 0 Å². The summed E-state index contributed by atoms with van der Waals surface area (Å²) in [5, 5.41) is 4.79. The van der Waals surface area contributed by atoms with E-state index in [2.05, 4.69) is 20.1 Å². The molecule has 36 heavy (non-hydrogen) atoms. The van der Waals surface area contributed by atoms with Crippen LogP contribution in [0.4, 0.5) is 10.2 Å². The van der Waals surface area contributed by atoms with E-state index in [0.29, 0.717) is 60.8 Å². The van der Waals surface area contributed by atoms with Gasteiger partial charge in [-0.05, 0) is 31.6 Å². The Labute approximate surface area is 208 Å². The lowest BCUT2D eigenvalue weighted by Crippen LogP contribution is -2.51. The van der Waals surface area contributed by atoms with E-state index in [1.165, 1.54) is 6.33 Å². The third kappa shape index (κ3) is 4.13. The number of carbonyl (C=O) groups excluding carboxylic acids is 1. The predicted octanol–water partition coefficient (Wildman–Crippen LogP) is 2.75. The third-order valence-corrected chi connectivity index (χ3v) is 6.61. The number of aromatic nitrogens is 5. The standard InChI is InChI=1S/C25H31FN8O2/c1-15(2)20-21-17(30-23(20)16-10-18(36-5)24-28-14-29-34(24)12-16)11-27-25(22(21)26)33-8-6-32(7-9-33)19(35)13-31(3)4/h10-12,14-15,30H,6-9,13H2,1-5H3. The van der Waals surface area contributed by atoms with Crippen molar-refractivity contribution in [2.75, 3.05) is 58.8 Å². The number of fused-ring (bicyclic) bond motifs is 2. The second-order valence-electron chi connectivity index (χ2n) is 9.68. The zero-order valence-corrected chi connectivity index (χ0v) is 21.2. The Kier molecular flexibility index (Phi) is 6.25. The van der Waals surface area contributed by atoms with Crippen LogP contribution in [0.25, 0.3) is 27.8 Å². The molecule has 0 saturated carbocycles. The van der Waals surface area contributed by atoms with Crippen molar-refractivity contribution in [3.8, 4) is 17.0 Å². The van der Waals surface area contributed by atoms with Gasteiger partial charge < -0.3 is 24.4 Å². The molecule has 5 heterocycles. The molecule has 0 radical (unpaired) electrons. The highest BCUT2D eigenvalue weighted by atomic mass is 19.1. The van der Waals surface area contributed by atoms with Gasteiger partial charge in [-0.2, -0.15) is 5.10 Å². The number of pyridine rings is 2. The largest absolute Gasteiger partial charge is 0.493 e. The molecule has 1 fully saturated rings. The van der Waals surface area contributed by atoms with Crippen LogP contribution >= 0.6 is 0 Å². The summed E-state index contributed by atoms with van der Waals surface area (Å²) >= 11 is 0. The summed E-state index contributed by atoms with van der Waals surface area (Å²) < 4.78 is 23.3. The lowest BCUT2D eigenvalue weighted by Gasteiger charge is -2.36. The molecule has 190 valence electrons. The second kappa shape index (κ2) is 9.38. The van der Waals surface area contributed by atoms with Crippen LogP contribution < -0.4 is 9.64 Å². The quantitative estimate of drug-likeness (QED) is 0.440. The van der Waals surface area contributed by atoms with Gasteiger partial charge in [0, 0.05) is 43.3 Å². The molecule has 0 unspecified atom stereocenters. The van der Waals surface area contributed by atoms with Gasteiger partial charge in [0.2, 0.25) is 5.91 Å². The topological polar surface area (TPSA) is 94.9 Å². The monoisotopic (exact) mass is 494 g/mol. The molecule has 0 aliphatic carbocycles. The minimum absolute atomic E-state index is 0.0384. The first-order valence-electron chi connectivity index (χ1n) is 12.0. The van der Waals surface area contributed by atoms with E-state index in [9.17, 15) is 4.79 Å². The molecule has 1 aliphatic rings. The number of halogens is 1. The Bertz CT molecular complexity index is 1420. The van der Waals surface area contributed by atoms with Gasteiger partial charge in [0.1, 0.15) is 6.33 Å². The average Bonchev–Trinajstić information content (AvgIpc) is 3.48. The molecule has 1 N–H and O–H groups in total. The first-order chi connectivity index (χ1) is 17.3. The third-order valence-electron chi connectivity index (χ3n) is 6.61. The first-order valence-corrected chi connectivity index (χ1v) is 12.0. The van der Waals surface area contributed by atoms with Gasteiger partial charge in [-0.3, -0.25) is 4.79 Å². The highest BCUT2D eigenvalue weighted by Crippen LogP contribution is 2.39. The summed E-state index contributed by atoms with van der Waals surface area (Å²) in [7, 11) is 5.34. The van der Waals surface area contributed by atoms with Crippen molar-refractivity contribution in [2.45, 2.75) is 19.8 Å². The molecule has 1 aliphatic heterocycles. The van der Waals surface area contributed by atoms with E-state index in [-0.39, 0.29) is 17.6 Å². The van der Waals surface area contributed by atoms with Crippen LogP contribution in [0.1, 0.15) is 25.3 Å². The molecule has 4 aromatic rings. The smallest absolute Gasteiger partial charge is 0.236 e. The Morgan fingerprint density at radius 3 is 2.64 bits per heavy atom. The van der Waals surface area contributed by atoms with Crippen LogP contribution in [-0.2, 0) is 4.79 Å². The van der Waals surface area contributed by atoms with E-state index in [0.717, 1.165) is 16.8 Å². The molecule has 0 aromatic carbocycles. The second-order valence-corrected chi connectivity index (χ2v) is 9.68. The van der Waals surface area contributed by atoms with E-state index in [4.69, 9.17) is 4.74 Å². The van der Waals surface area contributed by atoms with E-state index in [1.807, 2.05) is 54.9 Å². The maximum atomic E-state index is 16.1. The van der Waals surface area contributed by atoms with Gasteiger partial charge in [-0.25, -0.2) is 18.9 Å². The summed E-state index contributed by atoms with van der Waals surface area (Å²) in [6.45, 7) is 6.61. The minimum atomic E-state index is -0.347. The fourth-order valence-corrected chi connectivity index (χ4v) is 4.91. The number of nitrogens with one attached hydrogen (secondary N) is 1. The zero-order valence-electron chi connectivity index (χ0n) is 21.2. The normalized spacial score (nSPS) is 14.6. The van der Waals surface area contributed by atoms with Gasteiger partial charge in [0.25, 0.3) is 0 Å². The van der Waals surface area contributed by atoms with Crippen LogP contribution in [0.3, 0.4) is 0 Å². The highest BCUT2D eigenvalue weighted by Gasteiger charge is 2.27. The number of amides is 1. The van der Waals surface area contributed by atoms with Crippen LogP contribution in [-0.4, -0.2) is 94.2 Å². The molecule has 0 atom stereocenters. The van der Waals surface area contributed by atoms with Crippen molar-refractivity contribution in [2.24, 2.45) is 0 Å². The van der Waals surface area contributed by atoms with Gasteiger partial charge >= 0.3 is 0 Å². The molecule has 1 saturated heterocycles. The Morgan fingerprint density at radius 2 is 1.97 bits per heavy atom. The van der Waals surface area contributed by atoms with Crippen molar-refractivity contribution in [3.05, 3.63) is 36.2 Å². The molecular formula is C25H31FN8O2. The number of carbonyl (C=O) groups is 1. The number of hydrogen-bond acceptors (Lipinski definition) is 7. The summed E-state index contributed by atoms with van der Waals surface area (Å²) in [6.07, 6.45) is 5.02. The number of likely N-dealkylation sites (N-methyl/N-ethyl adjacent to an activating group) is 1. The lowest BCUT2D eigenvalue weighted by molar-refractivity contribution is -0.132. The fourth-order valence-electron chi connectivity index (χ4n) is 4.91. The number of rotatable bonds is 6. The average molecular weight is 495 g/mol. The number of hydrogen-bond donors (Lipinski definition) is 1. The molecule has 0 bridgehead atoms. The molecule has 11 heteroatoms. The van der Waals surface area contributed by atoms with Crippen molar-refractivity contribution < 1.29 is 13.9 Å². The molecule has 1 amide bonds. The van der Waals surface area contributed by atoms with Crippen molar-refractivity contribution in [1.82, 2.24) is 34.4 Å². The number of ether oxygens (including phenoxy) is 1. The minimum Gasteiger partial charge on any atom is -0.493 e. The Morgan fingerprint density at radius 1 is 1.22 bits per heavy atom. The molecule has 10 nitrogen and oxygen atoms in total. The van der Waals surface area contributed by atoms with Crippen LogP contribution in [0, 0.1) is 5.82 Å². The van der Waals surface area contributed by atoms with Gasteiger partial charge in [0.05, 0.1) is 31.1 Å². The van der Waals surface area contributed by atoms with Gasteiger partial charge in [0.15, 0.2) is 23.0 Å². The lowest BCUT2D eigenvalue weighted by atomic mass is 9.96. The SMILES string of the molecule is COc1cc(-c2[nH]c3cnc(N4CCN(C(=O)CN(C)C)CC4)c(F)c3c2C(C)C)cn2ncnc12. The van der Waals surface area contributed by atoms with Crippen LogP contribution in [0.2, 0.25) is 0 Å². The first kappa shape index (κ1) is 24.0.